The van der Waals surface area contributed by atoms with Gasteiger partial charge in [-0.15, -0.1) is 0 Å². The molecule has 0 aliphatic carbocycles. The maximum Gasteiger partial charge on any atom is 0.306 e. The van der Waals surface area contributed by atoms with Crippen LogP contribution in [0.3, 0.4) is 0 Å². The summed E-state index contributed by atoms with van der Waals surface area (Å²) < 4.78 is 4.97. The summed E-state index contributed by atoms with van der Waals surface area (Å²) in [6.07, 6.45) is 6.75. The van der Waals surface area contributed by atoms with Crippen molar-refractivity contribution in [1.29, 1.82) is 0 Å². The molecule has 0 heterocycles. The summed E-state index contributed by atoms with van der Waals surface area (Å²) in [7, 11) is 0. The quantitative estimate of drug-likeness (QED) is 0.391. The van der Waals surface area contributed by atoms with E-state index in [9.17, 15) is 10.2 Å². The average molecular weight is 200 g/mol. The van der Waals surface area contributed by atoms with Crippen molar-refractivity contribution in [3.8, 4) is 0 Å². The van der Waals surface area contributed by atoms with Crippen LogP contribution < -0.4 is 0 Å². The summed E-state index contributed by atoms with van der Waals surface area (Å²) in [4.78, 5) is 0. The van der Waals surface area contributed by atoms with E-state index in [-0.39, 0.29) is 0 Å². The van der Waals surface area contributed by atoms with Gasteiger partial charge in [-0.2, -0.15) is 0 Å². The molecule has 0 bridgehead atoms. The first-order valence-electron chi connectivity index (χ1n) is 4.96. The van der Waals surface area contributed by atoms with Gasteiger partial charge in [-0.25, -0.2) is 0 Å². The van der Waals surface area contributed by atoms with Crippen molar-refractivity contribution in [2.24, 2.45) is 0 Å². The second kappa shape index (κ2) is 6.76. The Morgan fingerprint density at radius 2 is 2.00 bits per heavy atom. The summed E-state index contributed by atoms with van der Waals surface area (Å²) in [6, 6.07) is 0. The molecule has 0 aliphatic heterocycles. The Bertz CT molecular complexity index is 205. The minimum absolute atomic E-state index is 0.346. The molecule has 0 aromatic rings. The molecule has 0 aromatic heterocycles. The molecule has 2 N–H and O–H groups in total. The molecule has 82 valence electrons. The lowest BCUT2D eigenvalue weighted by molar-refractivity contribution is -0.308. The Kier molecular flexibility index (Phi) is 6.45. The Morgan fingerprint density at radius 1 is 1.36 bits per heavy atom. The van der Waals surface area contributed by atoms with Crippen LogP contribution in [0.5, 0.6) is 0 Å². The summed E-state index contributed by atoms with van der Waals surface area (Å²) in [5, 5.41) is 19.1. The molecule has 0 atom stereocenters. The number of ether oxygens (including phenoxy) is 1. The van der Waals surface area contributed by atoms with Gasteiger partial charge >= 0.3 is 5.97 Å². The van der Waals surface area contributed by atoms with Crippen LogP contribution in [0.2, 0.25) is 0 Å². The van der Waals surface area contributed by atoms with Gasteiger partial charge in [0.15, 0.2) is 0 Å². The monoisotopic (exact) mass is 200 g/mol. The molecule has 3 nitrogen and oxygen atoms in total. The lowest BCUT2D eigenvalue weighted by Gasteiger charge is -2.22. The van der Waals surface area contributed by atoms with Crippen LogP contribution in [0, 0.1) is 0 Å². The molecule has 0 saturated carbocycles. The number of hydrogen-bond acceptors (Lipinski definition) is 3. The highest BCUT2D eigenvalue weighted by atomic mass is 16.8. The highest BCUT2D eigenvalue weighted by Crippen LogP contribution is 2.17. The predicted octanol–water partition coefficient (Wildman–Crippen LogP) is 1.96. The zero-order chi connectivity index (χ0) is 11.0. The third kappa shape index (κ3) is 4.56. The smallest absolute Gasteiger partial charge is 0.306 e. The van der Waals surface area contributed by atoms with Gasteiger partial charge in [0, 0.05) is 5.57 Å². The van der Waals surface area contributed by atoms with Crippen LogP contribution in [-0.4, -0.2) is 22.8 Å². The fourth-order valence-corrected chi connectivity index (χ4v) is 1.01. The maximum atomic E-state index is 9.55. The second-order valence-corrected chi connectivity index (χ2v) is 3.05. The number of allylic oxidation sites excluding steroid dienone is 2. The molecule has 0 amide bonds. The van der Waals surface area contributed by atoms with Gasteiger partial charge in [0.25, 0.3) is 0 Å². The van der Waals surface area contributed by atoms with Crippen molar-refractivity contribution in [3.63, 3.8) is 0 Å². The number of aliphatic hydroxyl groups is 2. The first-order chi connectivity index (χ1) is 6.58. The summed E-state index contributed by atoms with van der Waals surface area (Å²) in [6.45, 7) is 5.91. The molecule has 0 aromatic carbocycles. The first kappa shape index (κ1) is 13.4. The number of unbranched alkanes of at least 4 members (excludes halogenated alkanes) is 1. The van der Waals surface area contributed by atoms with Gasteiger partial charge in [-0.3, -0.25) is 0 Å². The Labute approximate surface area is 85.7 Å². The largest absolute Gasteiger partial charge is 0.340 e. The molecule has 3 heteroatoms. The van der Waals surface area contributed by atoms with E-state index in [0.717, 1.165) is 12.8 Å². The van der Waals surface area contributed by atoms with E-state index in [2.05, 4.69) is 0 Å². The van der Waals surface area contributed by atoms with Gasteiger partial charge in [-0.05, 0) is 20.3 Å². The normalized spacial score (nSPS) is 13.9. The maximum absolute atomic E-state index is 9.55. The van der Waals surface area contributed by atoms with E-state index in [1.165, 1.54) is 0 Å². The van der Waals surface area contributed by atoms with Crippen LogP contribution in [-0.2, 0) is 4.74 Å². The first-order valence-corrected chi connectivity index (χ1v) is 4.96. The second-order valence-electron chi connectivity index (χ2n) is 3.05. The molecular weight excluding hydrogens is 180 g/mol. The average Bonchev–Trinajstić information content (AvgIpc) is 2.14. The molecular formula is C11H20O3. The molecule has 0 spiro atoms. The Morgan fingerprint density at radius 3 is 2.43 bits per heavy atom. The van der Waals surface area contributed by atoms with E-state index in [0.29, 0.717) is 12.2 Å². The zero-order valence-corrected chi connectivity index (χ0v) is 9.16. The highest BCUT2D eigenvalue weighted by Gasteiger charge is 2.27. The fraction of sp³-hybridized carbons (Fsp3) is 0.636. The molecule has 0 radical (unpaired) electrons. The van der Waals surface area contributed by atoms with E-state index in [1.54, 1.807) is 25.2 Å². The molecule has 14 heavy (non-hydrogen) atoms. The van der Waals surface area contributed by atoms with Gasteiger partial charge in [0.1, 0.15) is 0 Å². The summed E-state index contributed by atoms with van der Waals surface area (Å²) >= 11 is 0. The van der Waals surface area contributed by atoms with E-state index < -0.39 is 5.97 Å². The Hall–Kier alpha value is -0.640. The van der Waals surface area contributed by atoms with E-state index >= 15 is 0 Å². The number of hydrogen-bond donors (Lipinski definition) is 2. The lowest BCUT2D eigenvalue weighted by Crippen LogP contribution is -2.34. The van der Waals surface area contributed by atoms with E-state index in [4.69, 9.17) is 4.74 Å². The molecule has 0 unspecified atom stereocenters. The SMILES string of the molecule is CC=CC(=CC)C(O)(O)OCCCC. The molecule has 0 aliphatic rings. The predicted molar refractivity (Wildman–Crippen MR) is 56.6 cm³/mol. The fourth-order valence-electron chi connectivity index (χ4n) is 1.01. The van der Waals surface area contributed by atoms with Crippen LogP contribution in [0.15, 0.2) is 23.8 Å². The van der Waals surface area contributed by atoms with Crippen LogP contribution in [0.25, 0.3) is 0 Å². The summed E-state index contributed by atoms with van der Waals surface area (Å²) in [5.74, 6) is -2.16. The molecule has 0 fully saturated rings. The number of rotatable bonds is 6. The van der Waals surface area contributed by atoms with Crippen molar-refractivity contribution in [1.82, 2.24) is 0 Å². The van der Waals surface area contributed by atoms with E-state index in [1.807, 2.05) is 13.8 Å². The van der Waals surface area contributed by atoms with Gasteiger partial charge in [0.2, 0.25) is 0 Å². The van der Waals surface area contributed by atoms with Gasteiger partial charge in [-0.1, -0.05) is 31.6 Å². The standard InChI is InChI=1S/C11H20O3/c1-4-7-9-14-11(12,13)10(6-3)8-5-2/h5-6,8,12-13H,4,7,9H2,1-3H3. The summed E-state index contributed by atoms with van der Waals surface area (Å²) in [5.41, 5.74) is 0.358. The van der Waals surface area contributed by atoms with Crippen LogP contribution in [0.4, 0.5) is 0 Å². The lowest BCUT2D eigenvalue weighted by atomic mass is 10.2. The van der Waals surface area contributed by atoms with Gasteiger partial charge in [0.05, 0.1) is 6.61 Å². The Balaban J connectivity index is 4.27. The van der Waals surface area contributed by atoms with Crippen LogP contribution in [0.1, 0.15) is 33.6 Å². The third-order valence-corrected chi connectivity index (χ3v) is 1.83. The van der Waals surface area contributed by atoms with Crippen molar-refractivity contribution >= 4 is 0 Å². The van der Waals surface area contributed by atoms with Crippen molar-refractivity contribution < 1.29 is 14.9 Å². The van der Waals surface area contributed by atoms with Crippen molar-refractivity contribution in [2.45, 2.75) is 39.6 Å². The van der Waals surface area contributed by atoms with Crippen molar-refractivity contribution in [2.75, 3.05) is 6.61 Å². The topological polar surface area (TPSA) is 49.7 Å². The highest BCUT2D eigenvalue weighted by molar-refractivity contribution is 5.22. The minimum atomic E-state index is -2.16. The molecule has 0 rings (SSSR count). The van der Waals surface area contributed by atoms with Crippen molar-refractivity contribution in [3.05, 3.63) is 23.8 Å². The minimum Gasteiger partial charge on any atom is -0.340 e. The molecule has 0 saturated heterocycles. The van der Waals surface area contributed by atoms with Crippen LogP contribution >= 0.6 is 0 Å². The third-order valence-electron chi connectivity index (χ3n) is 1.83. The van der Waals surface area contributed by atoms with Gasteiger partial charge < -0.3 is 14.9 Å². The zero-order valence-electron chi connectivity index (χ0n) is 9.16.